The Morgan fingerprint density at radius 2 is 1.64 bits per heavy atom. The van der Waals surface area contributed by atoms with Gasteiger partial charge in [-0.05, 0) is 44.5 Å². The number of hydrogen-bond acceptors (Lipinski definition) is 5. The maximum Gasteiger partial charge on any atom is 0.289 e. The standard InChI is InChI=1S/C20H25N5O3/c26-17(14-23-8-3-4-9-23)24-10-5-11-25(13-12-24)20(28)18-21-16-7-2-1-6-15(16)19(27)22-18/h1-2,6-7H,3-5,8-14H2,(H,21,22,27). The second-order valence-electron chi connectivity index (χ2n) is 7.44. The number of nitrogens with zero attached hydrogens (tertiary/aromatic N) is 4. The monoisotopic (exact) mass is 383 g/mol. The number of likely N-dealkylation sites (tertiary alicyclic amines) is 1. The maximum atomic E-state index is 12.9. The number of hydrogen-bond donors (Lipinski definition) is 1. The lowest BCUT2D eigenvalue weighted by Gasteiger charge is -2.24. The molecule has 8 heteroatoms. The molecule has 0 unspecified atom stereocenters. The van der Waals surface area contributed by atoms with Crippen LogP contribution in [0.25, 0.3) is 10.9 Å². The maximum absolute atomic E-state index is 12.9. The van der Waals surface area contributed by atoms with Crippen molar-refractivity contribution >= 4 is 22.7 Å². The van der Waals surface area contributed by atoms with Gasteiger partial charge in [0.15, 0.2) is 5.82 Å². The summed E-state index contributed by atoms with van der Waals surface area (Å²) in [6, 6.07) is 6.97. The van der Waals surface area contributed by atoms with Crippen LogP contribution in [0.4, 0.5) is 0 Å². The molecule has 148 valence electrons. The summed E-state index contributed by atoms with van der Waals surface area (Å²) in [5, 5.41) is 0.466. The van der Waals surface area contributed by atoms with Crippen LogP contribution in [0.1, 0.15) is 29.9 Å². The predicted molar refractivity (Wildman–Crippen MR) is 105 cm³/mol. The highest BCUT2D eigenvalue weighted by atomic mass is 16.2. The molecule has 2 aliphatic rings. The van der Waals surface area contributed by atoms with Crippen LogP contribution in [0.15, 0.2) is 29.1 Å². The van der Waals surface area contributed by atoms with Gasteiger partial charge in [-0.15, -0.1) is 0 Å². The second-order valence-corrected chi connectivity index (χ2v) is 7.44. The van der Waals surface area contributed by atoms with E-state index in [1.165, 1.54) is 0 Å². The number of amides is 2. The van der Waals surface area contributed by atoms with Gasteiger partial charge in [0.1, 0.15) is 0 Å². The highest BCUT2D eigenvalue weighted by Gasteiger charge is 2.25. The molecule has 8 nitrogen and oxygen atoms in total. The molecule has 0 bridgehead atoms. The Morgan fingerprint density at radius 1 is 0.929 bits per heavy atom. The summed E-state index contributed by atoms with van der Waals surface area (Å²) in [5.74, 6) is -0.106. The fraction of sp³-hybridized carbons (Fsp3) is 0.500. The van der Waals surface area contributed by atoms with Crippen molar-refractivity contribution in [2.75, 3.05) is 45.8 Å². The molecular weight excluding hydrogens is 358 g/mol. The summed E-state index contributed by atoms with van der Waals surface area (Å²) in [6.45, 7) is 4.60. The fourth-order valence-electron chi connectivity index (χ4n) is 3.94. The molecular formula is C20H25N5O3. The molecule has 0 saturated carbocycles. The van der Waals surface area contributed by atoms with Crippen molar-refractivity contribution in [3.05, 3.63) is 40.4 Å². The van der Waals surface area contributed by atoms with E-state index in [2.05, 4.69) is 14.9 Å². The van der Waals surface area contributed by atoms with Crippen molar-refractivity contribution < 1.29 is 9.59 Å². The Morgan fingerprint density at radius 3 is 2.46 bits per heavy atom. The van der Waals surface area contributed by atoms with Crippen molar-refractivity contribution in [1.29, 1.82) is 0 Å². The number of rotatable bonds is 3. The Bertz CT molecular complexity index is 935. The molecule has 3 heterocycles. The van der Waals surface area contributed by atoms with E-state index in [1.54, 1.807) is 29.2 Å². The lowest BCUT2D eigenvalue weighted by Crippen LogP contribution is -2.42. The number of para-hydroxylation sites is 1. The van der Waals surface area contributed by atoms with Gasteiger partial charge < -0.3 is 14.8 Å². The van der Waals surface area contributed by atoms with Crippen molar-refractivity contribution in [2.45, 2.75) is 19.3 Å². The van der Waals surface area contributed by atoms with Crippen LogP contribution in [0.2, 0.25) is 0 Å². The normalized spacial score (nSPS) is 18.4. The number of carbonyl (C=O) groups excluding carboxylic acids is 2. The van der Waals surface area contributed by atoms with E-state index in [9.17, 15) is 14.4 Å². The van der Waals surface area contributed by atoms with E-state index < -0.39 is 0 Å². The minimum absolute atomic E-state index is 0.0561. The van der Waals surface area contributed by atoms with Crippen LogP contribution in [0.5, 0.6) is 0 Å². The van der Waals surface area contributed by atoms with E-state index in [4.69, 9.17) is 0 Å². The third-order valence-corrected chi connectivity index (χ3v) is 5.51. The molecule has 1 aromatic heterocycles. The van der Waals surface area contributed by atoms with Crippen LogP contribution in [0.3, 0.4) is 0 Å². The van der Waals surface area contributed by atoms with E-state index in [0.717, 1.165) is 32.4 Å². The van der Waals surface area contributed by atoms with Crippen molar-refractivity contribution in [2.24, 2.45) is 0 Å². The van der Waals surface area contributed by atoms with Gasteiger partial charge >= 0.3 is 0 Å². The topological polar surface area (TPSA) is 89.6 Å². The molecule has 0 atom stereocenters. The van der Waals surface area contributed by atoms with Gasteiger partial charge in [0.2, 0.25) is 5.91 Å². The Balaban J connectivity index is 1.43. The largest absolute Gasteiger partial charge is 0.340 e. The first-order chi connectivity index (χ1) is 13.6. The zero-order chi connectivity index (χ0) is 19.5. The Kier molecular flexibility index (Phi) is 5.38. The summed E-state index contributed by atoms with van der Waals surface area (Å²) in [7, 11) is 0. The number of nitrogens with one attached hydrogen (secondary N) is 1. The van der Waals surface area contributed by atoms with Crippen LogP contribution in [-0.4, -0.2) is 82.3 Å². The third-order valence-electron chi connectivity index (χ3n) is 5.51. The van der Waals surface area contributed by atoms with Crippen LogP contribution in [-0.2, 0) is 4.79 Å². The highest BCUT2D eigenvalue weighted by Crippen LogP contribution is 2.11. The fourth-order valence-corrected chi connectivity index (χ4v) is 3.94. The van der Waals surface area contributed by atoms with Crippen molar-refractivity contribution in [1.82, 2.24) is 24.7 Å². The summed E-state index contributed by atoms with van der Waals surface area (Å²) in [6.07, 6.45) is 3.04. The summed E-state index contributed by atoms with van der Waals surface area (Å²) >= 11 is 0. The molecule has 28 heavy (non-hydrogen) atoms. The van der Waals surface area contributed by atoms with Crippen molar-refractivity contribution in [3.8, 4) is 0 Å². The lowest BCUT2D eigenvalue weighted by molar-refractivity contribution is -0.132. The van der Waals surface area contributed by atoms with Gasteiger partial charge in [-0.25, -0.2) is 4.98 Å². The summed E-state index contributed by atoms with van der Waals surface area (Å²) in [5.41, 5.74) is 0.193. The zero-order valence-corrected chi connectivity index (χ0v) is 15.9. The first-order valence-electron chi connectivity index (χ1n) is 9.90. The lowest BCUT2D eigenvalue weighted by atomic mass is 10.2. The number of fused-ring (bicyclic) bond motifs is 1. The molecule has 2 aliphatic heterocycles. The van der Waals surface area contributed by atoms with Gasteiger partial charge in [-0.1, -0.05) is 12.1 Å². The zero-order valence-electron chi connectivity index (χ0n) is 15.9. The van der Waals surface area contributed by atoms with Crippen LogP contribution < -0.4 is 5.56 Å². The Hall–Kier alpha value is -2.74. The van der Waals surface area contributed by atoms with Gasteiger partial charge in [0.25, 0.3) is 11.5 Å². The molecule has 0 spiro atoms. The van der Waals surface area contributed by atoms with Crippen LogP contribution in [0, 0.1) is 0 Å². The minimum atomic E-state index is -0.314. The van der Waals surface area contributed by atoms with Crippen LogP contribution >= 0.6 is 0 Å². The Labute approximate surface area is 163 Å². The average Bonchev–Trinajstić information content (AvgIpc) is 3.08. The van der Waals surface area contributed by atoms with Gasteiger partial charge in [-0.3, -0.25) is 19.3 Å². The smallest absolute Gasteiger partial charge is 0.289 e. The van der Waals surface area contributed by atoms with Gasteiger partial charge in [-0.2, -0.15) is 0 Å². The summed E-state index contributed by atoms with van der Waals surface area (Å²) < 4.78 is 0. The molecule has 0 radical (unpaired) electrons. The van der Waals surface area contributed by atoms with Crippen molar-refractivity contribution in [3.63, 3.8) is 0 Å². The number of aromatic nitrogens is 2. The molecule has 2 fully saturated rings. The molecule has 2 aromatic rings. The average molecular weight is 383 g/mol. The number of aromatic amines is 1. The molecule has 2 amide bonds. The molecule has 1 N–H and O–H groups in total. The van der Waals surface area contributed by atoms with E-state index in [0.29, 0.717) is 43.6 Å². The third kappa shape index (κ3) is 3.91. The minimum Gasteiger partial charge on any atom is -0.340 e. The second kappa shape index (κ2) is 8.10. The first kappa shape index (κ1) is 18.6. The first-order valence-corrected chi connectivity index (χ1v) is 9.90. The van der Waals surface area contributed by atoms with E-state index >= 15 is 0 Å². The molecule has 0 aliphatic carbocycles. The summed E-state index contributed by atoms with van der Waals surface area (Å²) in [4.78, 5) is 50.3. The molecule has 1 aromatic carbocycles. The number of H-pyrrole nitrogens is 1. The molecule has 2 saturated heterocycles. The number of carbonyl (C=O) groups is 2. The van der Waals surface area contributed by atoms with E-state index in [1.807, 2.05) is 4.90 Å². The highest BCUT2D eigenvalue weighted by molar-refractivity contribution is 5.92. The quantitative estimate of drug-likeness (QED) is 0.843. The predicted octanol–water partition coefficient (Wildman–Crippen LogP) is 0.693. The SMILES string of the molecule is O=C(CN1CCCC1)N1CCCN(C(=O)c2nc3ccccc3c(=O)[nH]2)CC1. The van der Waals surface area contributed by atoms with Gasteiger partial charge in [0, 0.05) is 26.2 Å². The molecule has 4 rings (SSSR count). The van der Waals surface area contributed by atoms with E-state index in [-0.39, 0.29) is 23.2 Å². The number of benzene rings is 1. The van der Waals surface area contributed by atoms with Gasteiger partial charge in [0.05, 0.1) is 17.4 Å².